The summed E-state index contributed by atoms with van der Waals surface area (Å²) in [6.07, 6.45) is -1.14. The van der Waals surface area contributed by atoms with Crippen molar-refractivity contribution in [2.75, 3.05) is 44.6 Å². The highest BCUT2D eigenvalue weighted by Gasteiger charge is 2.34. The first kappa shape index (κ1) is 24.5. The molecule has 0 aromatic heterocycles. The molecule has 0 radical (unpaired) electrons. The van der Waals surface area contributed by atoms with E-state index in [4.69, 9.17) is 0 Å². The van der Waals surface area contributed by atoms with Crippen LogP contribution in [0.25, 0.3) is 0 Å². The molecule has 0 bridgehead atoms. The zero-order chi connectivity index (χ0) is 23.3. The lowest BCUT2D eigenvalue weighted by Crippen LogP contribution is -2.52. The number of para-hydroxylation sites is 1. The van der Waals surface area contributed by atoms with E-state index in [9.17, 15) is 22.8 Å². The average Bonchev–Trinajstić information content (AvgIpc) is 2.72. The second kappa shape index (κ2) is 10.7. The summed E-state index contributed by atoms with van der Waals surface area (Å²) in [6, 6.07) is 5.20. The standard InChI is InChI=1S/C23H33F3N4O2/c1-16-6-5-9-19(17(16)2)27-21(31)14-29-10-12-30(13-11-29)15-22(32)28-20-8-4-3-7-18(20)23(24,25)26/h3-4,7-8,16-17,19H,5-6,9-15H2,1-2H3,(H,27,31)(H,28,32)/t16-,17-,19-/m1/s1. The molecule has 2 fully saturated rings. The van der Waals surface area contributed by atoms with E-state index in [1.54, 1.807) is 0 Å². The van der Waals surface area contributed by atoms with E-state index >= 15 is 0 Å². The van der Waals surface area contributed by atoms with Crippen LogP contribution < -0.4 is 10.6 Å². The predicted molar refractivity (Wildman–Crippen MR) is 117 cm³/mol. The van der Waals surface area contributed by atoms with Crippen molar-refractivity contribution < 1.29 is 22.8 Å². The molecule has 1 saturated heterocycles. The lowest BCUT2D eigenvalue weighted by atomic mass is 9.78. The molecular weight excluding hydrogens is 421 g/mol. The van der Waals surface area contributed by atoms with E-state index in [0.29, 0.717) is 44.6 Å². The fraction of sp³-hybridized carbons (Fsp3) is 0.652. The molecule has 32 heavy (non-hydrogen) atoms. The molecule has 3 rings (SSSR count). The highest BCUT2D eigenvalue weighted by atomic mass is 19.4. The molecule has 0 spiro atoms. The van der Waals surface area contributed by atoms with E-state index in [0.717, 1.165) is 18.9 Å². The van der Waals surface area contributed by atoms with Gasteiger partial charge in [-0.25, -0.2) is 0 Å². The van der Waals surface area contributed by atoms with Crippen molar-refractivity contribution in [3.63, 3.8) is 0 Å². The number of halogens is 3. The maximum Gasteiger partial charge on any atom is 0.418 e. The van der Waals surface area contributed by atoms with Gasteiger partial charge in [0.15, 0.2) is 0 Å². The van der Waals surface area contributed by atoms with Crippen LogP contribution in [0.5, 0.6) is 0 Å². The van der Waals surface area contributed by atoms with Crippen LogP contribution in [0.4, 0.5) is 18.9 Å². The van der Waals surface area contributed by atoms with Crippen LogP contribution in [0.2, 0.25) is 0 Å². The van der Waals surface area contributed by atoms with Crippen LogP contribution in [0.3, 0.4) is 0 Å². The molecule has 1 aliphatic carbocycles. The maximum absolute atomic E-state index is 13.1. The maximum atomic E-state index is 13.1. The molecule has 9 heteroatoms. The molecule has 1 aromatic rings. The number of nitrogens with zero attached hydrogens (tertiary/aromatic N) is 2. The van der Waals surface area contributed by atoms with E-state index < -0.39 is 17.6 Å². The normalized spacial score (nSPS) is 25.3. The zero-order valence-electron chi connectivity index (χ0n) is 18.8. The first-order valence-electron chi connectivity index (χ1n) is 11.3. The quantitative estimate of drug-likeness (QED) is 0.693. The molecule has 3 atom stereocenters. The van der Waals surface area contributed by atoms with E-state index in [-0.39, 0.29) is 24.2 Å². The van der Waals surface area contributed by atoms with Crippen molar-refractivity contribution in [2.24, 2.45) is 11.8 Å². The Morgan fingerprint density at radius 2 is 1.56 bits per heavy atom. The third kappa shape index (κ3) is 6.68. The number of carbonyl (C=O) groups is 2. The minimum atomic E-state index is -4.52. The van der Waals surface area contributed by atoms with Crippen LogP contribution in [0.1, 0.15) is 38.7 Å². The summed E-state index contributed by atoms with van der Waals surface area (Å²) in [4.78, 5) is 28.7. The number of hydrogen-bond acceptors (Lipinski definition) is 4. The monoisotopic (exact) mass is 454 g/mol. The molecular formula is C23H33F3N4O2. The number of rotatable bonds is 6. The highest BCUT2D eigenvalue weighted by Crippen LogP contribution is 2.34. The Balaban J connectivity index is 1.41. The van der Waals surface area contributed by atoms with Crippen LogP contribution >= 0.6 is 0 Å². The Morgan fingerprint density at radius 3 is 2.19 bits per heavy atom. The fourth-order valence-corrected chi connectivity index (χ4v) is 4.58. The van der Waals surface area contributed by atoms with Crippen molar-refractivity contribution in [1.29, 1.82) is 0 Å². The predicted octanol–water partition coefficient (Wildman–Crippen LogP) is 3.20. The van der Waals surface area contributed by atoms with E-state index in [1.807, 2.05) is 4.90 Å². The summed E-state index contributed by atoms with van der Waals surface area (Å²) in [5, 5.41) is 5.57. The van der Waals surface area contributed by atoms with Gasteiger partial charge in [0, 0.05) is 32.2 Å². The topological polar surface area (TPSA) is 64.7 Å². The Hall–Kier alpha value is -2.13. The Kier molecular flexibility index (Phi) is 8.16. The molecule has 1 heterocycles. The van der Waals surface area contributed by atoms with Crippen LogP contribution in [0.15, 0.2) is 24.3 Å². The van der Waals surface area contributed by atoms with Crippen LogP contribution in [-0.2, 0) is 15.8 Å². The van der Waals surface area contributed by atoms with Gasteiger partial charge in [-0.2, -0.15) is 13.2 Å². The van der Waals surface area contributed by atoms with E-state index in [2.05, 4.69) is 29.4 Å². The number of benzene rings is 1. The number of nitrogens with one attached hydrogen (secondary N) is 2. The van der Waals surface area contributed by atoms with Crippen LogP contribution in [-0.4, -0.2) is 66.9 Å². The van der Waals surface area contributed by atoms with Gasteiger partial charge in [-0.05, 0) is 30.4 Å². The smallest absolute Gasteiger partial charge is 0.352 e. The Morgan fingerprint density at radius 1 is 0.969 bits per heavy atom. The third-order valence-corrected chi connectivity index (χ3v) is 6.76. The van der Waals surface area contributed by atoms with Gasteiger partial charge in [-0.15, -0.1) is 0 Å². The molecule has 1 aromatic carbocycles. The Bertz CT molecular complexity index is 794. The number of anilines is 1. The largest absolute Gasteiger partial charge is 0.418 e. The Labute approximate surface area is 187 Å². The summed E-state index contributed by atoms with van der Waals surface area (Å²) >= 11 is 0. The van der Waals surface area contributed by atoms with Gasteiger partial charge in [0.1, 0.15) is 0 Å². The first-order chi connectivity index (χ1) is 15.1. The zero-order valence-corrected chi connectivity index (χ0v) is 18.8. The van der Waals surface area contributed by atoms with Gasteiger partial charge in [-0.1, -0.05) is 38.8 Å². The second-order valence-corrected chi connectivity index (χ2v) is 9.09. The molecule has 2 N–H and O–H groups in total. The summed E-state index contributed by atoms with van der Waals surface area (Å²) < 4.78 is 39.3. The fourth-order valence-electron chi connectivity index (χ4n) is 4.58. The van der Waals surface area contributed by atoms with Crippen molar-refractivity contribution >= 4 is 17.5 Å². The van der Waals surface area contributed by atoms with Crippen molar-refractivity contribution in [3.05, 3.63) is 29.8 Å². The molecule has 6 nitrogen and oxygen atoms in total. The summed E-state index contributed by atoms with van der Waals surface area (Å²) in [5.41, 5.74) is -1.09. The molecule has 1 saturated carbocycles. The van der Waals surface area contributed by atoms with Gasteiger partial charge in [-0.3, -0.25) is 19.4 Å². The minimum Gasteiger partial charge on any atom is -0.352 e. The van der Waals surface area contributed by atoms with Gasteiger partial charge in [0.25, 0.3) is 0 Å². The van der Waals surface area contributed by atoms with Gasteiger partial charge < -0.3 is 10.6 Å². The van der Waals surface area contributed by atoms with Gasteiger partial charge in [0.05, 0.1) is 24.3 Å². The second-order valence-electron chi connectivity index (χ2n) is 9.09. The minimum absolute atomic E-state index is 0.0176. The average molecular weight is 455 g/mol. The van der Waals surface area contributed by atoms with Gasteiger partial charge >= 0.3 is 6.18 Å². The highest BCUT2D eigenvalue weighted by molar-refractivity contribution is 5.93. The summed E-state index contributed by atoms with van der Waals surface area (Å²) in [5.74, 6) is 0.650. The number of alkyl halides is 3. The van der Waals surface area contributed by atoms with Crippen molar-refractivity contribution in [1.82, 2.24) is 15.1 Å². The number of carbonyl (C=O) groups excluding carboxylic acids is 2. The van der Waals surface area contributed by atoms with Crippen molar-refractivity contribution in [3.8, 4) is 0 Å². The molecule has 0 unspecified atom stereocenters. The summed E-state index contributed by atoms with van der Waals surface area (Å²) in [6.45, 7) is 7.22. The van der Waals surface area contributed by atoms with Gasteiger partial charge in [0.2, 0.25) is 11.8 Å². The number of amides is 2. The van der Waals surface area contributed by atoms with Crippen molar-refractivity contribution in [2.45, 2.75) is 45.3 Å². The molecule has 2 amide bonds. The summed E-state index contributed by atoms with van der Waals surface area (Å²) in [7, 11) is 0. The number of hydrogen-bond donors (Lipinski definition) is 2. The lowest BCUT2D eigenvalue weighted by Gasteiger charge is -2.36. The lowest BCUT2D eigenvalue weighted by molar-refractivity contribution is -0.137. The molecule has 1 aliphatic heterocycles. The molecule has 178 valence electrons. The SMILES string of the molecule is C[C@@H]1[C@H](C)CCC[C@H]1NC(=O)CN1CCN(CC(=O)Nc2ccccc2C(F)(F)F)CC1. The molecule has 2 aliphatic rings. The third-order valence-electron chi connectivity index (χ3n) is 6.76. The first-order valence-corrected chi connectivity index (χ1v) is 11.3. The van der Waals surface area contributed by atoms with Crippen LogP contribution in [0, 0.1) is 11.8 Å². The van der Waals surface area contributed by atoms with E-state index in [1.165, 1.54) is 24.6 Å². The number of piperazine rings is 1.